The summed E-state index contributed by atoms with van der Waals surface area (Å²) >= 11 is 0. The molecule has 1 fully saturated rings. The molecule has 3 aliphatic rings. The summed E-state index contributed by atoms with van der Waals surface area (Å²) in [5.41, 5.74) is 3.51. The van der Waals surface area contributed by atoms with Gasteiger partial charge in [0.25, 0.3) is 11.8 Å². The Morgan fingerprint density at radius 1 is 1.14 bits per heavy atom. The minimum absolute atomic E-state index is 0.0678. The van der Waals surface area contributed by atoms with Crippen molar-refractivity contribution in [2.45, 2.75) is 51.1 Å². The number of anilines is 1. The summed E-state index contributed by atoms with van der Waals surface area (Å²) in [5, 5.41) is 17.4. The highest BCUT2D eigenvalue weighted by Crippen LogP contribution is 2.32. The first kappa shape index (κ1) is 21.6. The molecule has 4 N–H and O–H groups in total. The second-order valence-corrected chi connectivity index (χ2v) is 9.37. The van der Waals surface area contributed by atoms with Crippen LogP contribution < -0.4 is 10.6 Å². The number of nitrogens with zero attached hydrogens (tertiary/aromatic N) is 5. The van der Waals surface area contributed by atoms with Crippen molar-refractivity contribution in [2.24, 2.45) is 5.92 Å². The fourth-order valence-electron chi connectivity index (χ4n) is 5.31. The Morgan fingerprint density at radius 2 is 2.06 bits per heavy atom. The third-order valence-electron chi connectivity index (χ3n) is 7.17. The first-order chi connectivity index (χ1) is 17.1. The summed E-state index contributed by atoms with van der Waals surface area (Å²) in [4.78, 5) is 47.5. The first-order valence-electron chi connectivity index (χ1n) is 12.1. The summed E-state index contributed by atoms with van der Waals surface area (Å²) in [7, 11) is 0. The van der Waals surface area contributed by atoms with Gasteiger partial charge in [-0.3, -0.25) is 24.2 Å². The van der Waals surface area contributed by atoms with Gasteiger partial charge in [-0.15, -0.1) is 0 Å². The highest BCUT2D eigenvalue weighted by molar-refractivity contribution is 5.98. The van der Waals surface area contributed by atoms with Crippen molar-refractivity contribution in [1.29, 1.82) is 0 Å². The molecule has 1 aliphatic carbocycles. The summed E-state index contributed by atoms with van der Waals surface area (Å²) in [6.07, 6.45) is 6.49. The van der Waals surface area contributed by atoms with E-state index >= 15 is 0 Å². The lowest BCUT2D eigenvalue weighted by atomic mass is 9.89. The smallest absolute Gasteiger partial charge is 0.274 e. The van der Waals surface area contributed by atoms with Crippen molar-refractivity contribution in [2.75, 3.05) is 18.4 Å². The standard InChI is InChI=1S/C23H27N9O3/c33-21(13-4-5-14-15(9-13)26-12-25-14)27-20-11-16(28-29-20)18-3-1-2-7-31(18)23(35)17-10-19-22(34)24-6-8-32(19)30-17/h10-13,18H,1-9H2,(H,24,34)(H,25,26)(H2,27,28,29,33). The average Bonchev–Trinajstić information content (AvgIpc) is 3.63. The highest BCUT2D eigenvalue weighted by atomic mass is 16.2. The van der Waals surface area contributed by atoms with Gasteiger partial charge in [-0.25, -0.2) is 4.98 Å². The molecule has 2 atom stereocenters. The van der Waals surface area contributed by atoms with Gasteiger partial charge in [0.1, 0.15) is 5.69 Å². The van der Waals surface area contributed by atoms with Crippen molar-refractivity contribution in [3.63, 3.8) is 0 Å². The number of fused-ring (bicyclic) bond motifs is 2. The lowest BCUT2D eigenvalue weighted by molar-refractivity contribution is -0.120. The van der Waals surface area contributed by atoms with Crippen LogP contribution in [0.4, 0.5) is 5.82 Å². The molecule has 1 saturated heterocycles. The molecule has 2 aliphatic heterocycles. The largest absolute Gasteiger partial charge is 0.349 e. The third kappa shape index (κ3) is 3.98. The van der Waals surface area contributed by atoms with Crippen LogP contribution in [0.15, 0.2) is 18.5 Å². The summed E-state index contributed by atoms with van der Waals surface area (Å²) in [6, 6.07) is 3.17. The normalized spacial score (nSPS) is 21.7. The van der Waals surface area contributed by atoms with Crippen LogP contribution >= 0.6 is 0 Å². The molecular weight excluding hydrogens is 450 g/mol. The van der Waals surface area contributed by atoms with Crippen LogP contribution in [0, 0.1) is 5.92 Å². The number of hydrogen-bond donors (Lipinski definition) is 4. The molecule has 2 unspecified atom stereocenters. The summed E-state index contributed by atoms with van der Waals surface area (Å²) in [6.45, 7) is 1.64. The van der Waals surface area contributed by atoms with Gasteiger partial charge in [-0.1, -0.05) is 0 Å². The maximum atomic E-state index is 13.4. The number of H-pyrrole nitrogens is 2. The predicted molar refractivity (Wildman–Crippen MR) is 124 cm³/mol. The second kappa shape index (κ2) is 8.67. The topological polar surface area (TPSA) is 154 Å². The molecule has 35 heavy (non-hydrogen) atoms. The molecule has 12 heteroatoms. The Hall–Kier alpha value is -3.96. The zero-order valence-corrected chi connectivity index (χ0v) is 19.2. The van der Waals surface area contributed by atoms with Gasteiger partial charge in [0, 0.05) is 43.3 Å². The highest BCUT2D eigenvalue weighted by Gasteiger charge is 2.33. The van der Waals surface area contributed by atoms with E-state index in [1.54, 1.807) is 22.0 Å². The molecule has 3 aromatic heterocycles. The van der Waals surface area contributed by atoms with Gasteiger partial charge in [-0.05, 0) is 32.1 Å². The monoisotopic (exact) mass is 477 g/mol. The molecule has 12 nitrogen and oxygen atoms in total. The Labute approximate surface area is 200 Å². The number of nitrogens with one attached hydrogen (secondary N) is 4. The van der Waals surface area contributed by atoms with Crippen LogP contribution in [0.25, 0.3) is 0 Å². The van der Waals surface area contributed by atoms with Gasteiger partial charge in [0.2, 0.25) is 5.91 Å². The van der Waals surface area contributed by atoms with Crippen LogP contribution in [0.1, 0.15) is 69.8 Å². The Morgan fingerprint density at radius 3 is 2.94 bits per heavy atom. The van der Waals surface area contributed by atoms with E-state index in [1.165, 1.54) is 0 Å². The van der Waals surface area contributed by atoms with E-state index in [0.717, 1.165) is 49.2 Å². The predicted octanol–water partition coefficient (Wildman–Crippen LogP) is 1.18. The van der Waals surface area contributed by atoms with Crippen molar-refractivity contribution < 1.29 is 14.4 Å². The van der Waals surface area contributed by atoms with Crippen molar-refractivity contribution in [3.8, 4) is 0 Å². The number of imidazole rings is 1. The maximum Gasteiger partial charge on any atom is 0.274 e. The number of hydrogen-bond acceptors (Lipinski definition) is 6. The third-order valence-corrected chi connectivity index (χ3v) is 7.17. The van der Waals surface area contributed by atoms with E-state index in [4.69, 9.17) is 0 Å². The van der Waals surface area contributed by atoms with Crippen molar-refractivity contribution >= 4 is 23.5 Å². The number of aryl methyl sites for hydroxylation is 1. The Balaban J connectivity index is 1.16. The van der Waals surface area contributed by atoms with E-state index in [2.05, 4.69) is 35.9 Å². The number of aromatic nitrogens is 6. The molecule has 3 aromatic rings. The van der Waals surface area contributed by atoms with E-state index in [9.17, 15) is 14.4 Å². The van der Waals surface area contributed by atoms with Gasteiger partial charge in [0.15, 0.2) is 11.5 Å². The quantitative estimate of drug-likeness (QED) is 0.443. The maximum absolute atomic E-state index is 13.4. The zero-order valence-electron chi connectivity index (χ0n) is 19.2. The molecule has 0 saturated carbocycles. The molecular formula is C23H27N9O3. The fraction of sp³-hybridized carbons (Fsp3) is 0.478. The number of rotatable bonds is 4. The molecule has 0 radical (unpaired) electrons. The molecule has 182 valence electrons. The van der Waals surface area contributed by atoms with Crippen molar-refractivity contribution in [3.05, 3.63) is 46.9 Å². The number of aromatic amines is 2. The average molecular weight is 478 g/mol. The summed E-state index contributed by atoms with van der Waals surface area (Å²) < 4.78 is 1.59. The van der Waals surface area contributed by atoms with Crippen LogP contribution in [-0.4, -0.2) is 65.7 Å². The lowest BCUT2D eigenvalue weighted by Gasteiger charge is -2.34. The van der Waals surface area contributed by atoms with E-state index in [0.29, 0.717) is 37.6 Å². The van der Waals surface area contributed by atoms with E-state index in [1.807, 2.05) is 6.07 Å². The summed E-state index contributed by atoms with van der Waals surface area (Å²) in [5.74, 6) is -0.176. The molecule has 3 amide bonds. The van der Waals surface area contributed by atoms with Gasteiger partial charge in [0.05, 0.1) is 30.3 Å². The number of likely N-dealkylation sites (tertiary alicyclic amines) is 1. The SMILES string of the molecule is O=C1NCCn2nc(C(=O)N3CCCCC3c3cc(NC(=O)C4CCc5nc[nH]c5C4)n[nH]3)cc21. The van der Waals surface area contributed by atoms with E-state index in [-0.39, 0.29) is 35.4 Å². The lowest BCUT2D eigenvalue weighted by Crippen LogP contribution is -2.39. The van der Waals surface area contributed by atoms with Crippen molar-refractivity contribution in [1.82, 2.24) is 40.2 Å². The number of carbonyl (C=O) groups excluding carboxylic acids is 3. The molecule has 6 rings (SSSR count). The van der Waals surface area contributed by atoms with Gasteiger partial charge >= 0.3 is 0 Å². The minimum Gasteiger partial charge on any atom is -0.349 e. The van der Waals surface area contributed by atoms with Crippen LogP contribution in [0.5, 0.6) is 0 Å². The zero-order chi connectivity index (χ0) is 23.9. The first-order valence-corrected chi connectivity index (χ1v) is 12.1. The molecule has 0 bridgehead atoms. The molecule has 0 aromatic carbocycles. The van der Waals surface area contributed by atoms with Gasteiger partial charge in [-0.2, -0.15) is 10.2 Å². The Bertz CT molecular complexity index is 1290. The van der Waals surface area contributed by atoms with E-state index < -0.39 is 0 Å². The van der Waals surface area contributed by atoms with Crippen LogP contribution in [0.2, 0.25) is 0 Å². The fourth-order valence-corrected chi connectivity index (χ4v) is 5.31. The number of piperidine rings is 1. The second-order valence-electron chi connectivity index (χ2n) is 9.37. The molecule has 0 spiro atoms. The molecule has 5 heterocycles. The Kier molecular flexibility index (Phi) is 5.34. The van der Waals surface area contributed by atoms with Gasteiger partial charge < -0.3 is 20.5 Å². The minimum atomic E-state index is -0.214. The van der Waals surface area contributed by atoms with Crippen LogP contribution in [-0.2, 0) is 24.2 Å². The number of carbonyl (C=O) groups is 3. The van der Waals surface area contributed by atoms with Crippen LogP contribution in [0.3, 0.4) is 0 Å². The number of amides is 3.